The lowest BCUT2D eigenvalue weighted by Crippen LogP contribution is -2.41. The summed E-state index contributed by atoms with van der Waals surface area (Å²) >= 11 is 0. The van der Waals surface area contributed by atoms with E-state index in [1.54, 1.807) is 13.8 Å². The highest BCUT2D eigenvalue weighted by molar-refractivity contribution is 7.88. The fraction of sp³-hybridized carbons (Fsp3) is 0.410. The Labute approximate surface area is 279 Å². The summed E-state index contributed by atoms with van der Waals surface area (Å²) in [7, 11) is 0.836. The quantitative estimate of drug-likeness (QED) is 0.0765. The molecule has 0 amide bonds. The second-order valence-electron chi connectivity index (χ2n) is 12.5. The van der Waals surface area contributed by atoms with E-state index >= 15 is 0 Å². The molecule has 1 saturated carbocycles. The second-order valence-corrected chi connectivity index (χ2v) is 14.6. The highest BCUT2D eigenvalue weighted by Gasteiger charge is 2.45. The van der Waals surface area contributed by atoms with Crippen LogP contribution in [0.15, 0.2) is 66.7 Å². The van der Waals surface area contributed by atoms with Crippen LogP contribution in [0.4, 0.5) is 0 Å². The molecule has 1 aliphatic carbocycles. The molecule has 4 rings (SSSR count). The van der Waals surface area contributed by atoms with Crippen LogP contribution in [0, 0.1) is 44.4 Å². The summed E-state index contributed by atoms with van der Waals surface area (Å²) in [6.45, 7) is 7.35. The van der Waals surface area contributed by atoms with Crippen LogP contribution in [0.3, 0.4) is 0 Å². The number of ketones is 2. The van der Waals surface area contributed by atoms with E-state index in [9.17, 15) is 24.0 Å². The number of Topliss-reactive ketones (excluding diaryl/α,β-unsaturated/α-hetero) is 2. The molecule has 0 radical (unpaired) electrons. The number of rotatable bonds is 15. The first-order valence-electron chi connectivity index (χ1n) is 16.3. The van der Waals surface area contributed by atoms with Crippen LogP contribution in [-0.2, 0) is 23.9 Å². The molecule has 2 unspecified atom stereocenters. The second kappa shape index (κ2) is 16.2. The summed E-state index contributed by atoms with van der Waals surface area (Å²) in [6.07, 6.45) is 3.99. The Morgan fingerprint density at radius 2 is 1.30 bits per heavy atom. The maximum absolute atomic E-state index is 14.6. The molecule has 0 aromatic heterocycles. The van der Waals surface area contributed by atoms with Gasteiger partial charge in [-0.2, -0.15) is 0 Å². The molecule has 47 heavy (non-hydrogen) atoms. The van der Waals surface area contributed by atoms with Crippen LogP contribution < -0.4 is 10.6 Å². The number of carbonyl (C=O) groups is 5. The Morgan fingerprint density at radius 3 is 1.74 bits per heavy atom. The van der Waals surface area contributed by atoms with Gasteiger partial charge in [0.1, 0.15) is 5.78 Å². The van der Waals surface area contributed by atoms with Gasteiger partial charge in [0.05, 0.1) is 14.2 Å². The molecular formula is C39H45O7P. The van der Waals surface area contributed by atoms with Gasteiger partial charge in [0, 0.05) is 37.3 Å². The molecule has 7 nitrogen and oxygen atoms in total. The van der Waals surface area contributed by atoms with E-state index in [4.69, 9.17) is 9.47 Å². The molecular weight excluding hydrogens is 611 g/mol. The average molecular weight is 657 g/mol. The first-order valence-corrected chi connectivity index (χ1v) is 17.7. The molecule has 248 valence electrons. The van der Waals surface area contributed by atoms with Crippen molar-refractivity contribution in [2.45, 2.75) is 66.2 Å². The highest BCUT2D eigenvalue weighted by Crippen LogP contribution is 2.41. The highest BCUT2D eigenvalue weighted by atomic mass is 31.1. The number of carbonyl (C=O) groups excluding carboxylic acids is 5. The fourth-order valence-corrected chi connectivity index (χ4v) is 9.15. The molecule has 0 bridgehead atoms. The zero-order valence-corrected chi connectivity index (χ0v) is 29.1. The van der Waals surface area contributed by atoms with Gasteiger partial charge >= 0.3 is 11.9 Å². The normalized spacial score (nSPS) is 14.3. The summed E-state index contributed by atoms with van der Waals surface area (Å²) < 4.78 is 9.92. The molecule has 0 aliphatic heterocycles. The minimum atomic E-state index is -1.58. The number of esters is 2. The van der Waals surface area contributed by atoms with E-state index in [0.717, 1.165) is 49.7 Å². The SMILES string of the molecule is CCC(CC1CCC1)C(=O)C(CC(=O)c1c(C)cc(C)c(C(=O)P(c2ccccc2)c2ccccc2)c1C)C(C(=O)OC)C(=O)OC. The smallest absolute Gasteiger partial charge is 0.320 e. The Morgan fingerprint density at radius 1 is 0.787 bits per heavy atom. The summed E-state index contributed by atoms with van der Waals surface area (Å²) in [5, 5.41) is 1.79. The predicted molar refractivity (Wildman–Crippen MR) is 185 cm³/mol. The van der Waals surface area contributed by atoms with Crippen molar-refractivity contribution in [2.24, 2.45) is 23.7 Å². The van der Waals surface area contributed by atoms with E-state index in [0.29, 0.717) is 41.0 Å². The predicted octanol–water partition coefficient (Wildman–Crippen LogP) is 6.82. The number of benzene rings is 3. The van der Waals surface area contributed by atoms with Crippen molar-refractivity contribution in [1.82, 2.24) is 0 Å². The average Bonchev–Trinajstić information content (AvgIpc) is 3.04. The van der Waals surface area contributed by atoms with E-state index < -0.39 is 43.4 Å². The lowest BCUT2D eigenvalue weighted by molar-refractivity contribution is -0.164. The van der Waals surface area contributed by atoms with Gasteiger partial charge in [-0.1, -0.05) is 92.9 Å². The molecule has 3 aromatic carbocycles. The van der Waals surface area contributed by atoms with Crippen molar-refractivity contribution in [3.8, 4) is 0 Å². The third-order valence-electron chi connectivity index (χ3n) is 9.52. The molecule has 1 fully saturated rings. The van der Waals surface area contributed by atoms with Crippen LogP contribution in [0.1, 0.15) is 82.9 Å². The summed E-state index contributed by atoms with van der Waals surface area (Å²) in [5.41, 5.74) is 2.65. The van der Waals surface area contributed by atoms with Crippen LogP contribution in [-0.4, -0.2) is 43.2 Å². The third kappa shape index (κ3) is 7.96. The summed E-state index contributed by atoms with van der Waals surface area (Å²) in [6, 6.07) is 21.1. The lowest BCUT2D eigenvalue weighted by atomic mass is 9.72. The van der Waals surface area contributed by atoms with Gasteiger partial charge in [-0.15, -0.1) is 0 Å². The van der Waals surface area contributed by atoms with E-state index in [1.807, 2.05) is 80.6 Å². The maximum atomic E-state index is 14.6. The topological polar surface area (TPSA) is 104 Å². The van der Waals surface area contributed by atoms with Crippen LogP contribution in [0.5, 0.6) is 0 Å². The number of methoxy groups -OCH3 is 2. The fourth-order valence-electron chi connectivity index (χ4n) is 6.87. The van der Waals surface area contributed by atoms with Crippen molar-refractivity contribution < 1.29 is 33.4 Å². The van der Waals surface area contributed by atoms with E-state index in [-0.39, 0.29) is 17.7 Å². The van der Waals surface area contributed by atoms with Gasteiger partial charge in [0.2, 0.25) is 0 Å². The molecule has 8 heteroatoms. The Kier molecular flexibility index (Phi) is 12.4. The van der Waals surface area contributed by atoms with Gasteiger partial charge in [0.15, 0.2) is 17.2 Å². The van der Waals surface area contributed by atoms with Crippen molar-refractivity contribution in [1.29, 1.82) is 0 Å². The van der Waals surface area contributed by atoms with Gasteiger partial charge in [-0.05, 0) is 66.8 Å². The van der Waals surface area contributed by atoms with E-state index in [1.165, 1.54) is 0 Å². The molecule has 1 aliphatic rings. The van der Waals surface area contributed by atoms with Gasteiger partial charge in [-0.3, -0.25) is 24.0 Å². The van der Waals surface area contributed by atoms with Crippen molar-refractivity contribution >= 4 is 47.6 Å². The first kappa shape index (κ1) is 35.9. The van der Waals surface area contributed by atoms with Crippen molar-refractivity contribution in [2.75, 3.05) is 14.2 Å². The van der Waals surface area contributed by atoms with Crippen LogP contribution >= 0.6 is 7.92 Å². The molecule has 3 aromatic rings. The number of hydrogen-bond donors (Lipinski definition) is 0. The van der Waals surface area contributed by atoms with Crippen molar-refractivity contribution in [3.05, 3.63) is 94.5 Å². The number of ether oxygens (including phenoxy) is 2. The monoisotopic (exact) mass is 656 g/mol. The zero-order valence-electron chi connectivity index (χ0n) is 28.2. The minimum Gasteiger partial charge on any atom is -0.468 e. The van der Waals surface area contributed by atoms with Gasteiger partial charge in [-0.25, -0.2) is 0 Å². The van der Waals surface area contributed by atoms with Crippen LogP contribution in [0.2, 0.25) is 0 Å². The largest absolute Gasteiger partial charge is 0.468 e. The number of hydrogen-bond acceptors (Lipinski definition) is 7. The summed E-state index contributed by atoms with van der Waals surface area (Å²) in [4.78, 5) is 69.1. The lowest BCUT2D eigenvalue weighted by Gasteiger charge is -2.31. The van der Waals surface area contributed by atoms with Gasteiger partial charge < -0.3 is 9.47 Å². The molecule has 0 heterocycles. The molecule has 0 N–H and O–H groups in total. The molecule has 0 saturated heterocycles. The number of aryl methyl sites for hydroxylation is 2. The molecule has 2 atom stereocenters. The molecule has 0 spiro atoms. The standard InChI is InChI=1S/C39H45O7P/c1-7-28(22-27-15-14-16-27)36(41)31(35(37(42)45-5)38(43)46-6)23-32(40)33-24(2)21-25(3)34(26(33)4)39(44)47(29-17-10-8-11-18-29)30-19-12-9-13-20-30/h8-13,17-21,27-28,31,35H,7,14-16,22-23H2,1-6H3. The van der Waals surface area contributed by atoms with Gasteiger partial charge in [0.25, 0.3) is 0 Å². The Hall–Kier alpha value is -3.96. The Bertz CT molecular complexity index is 1560. The maximum Gasteiger partial charge on any atom is 0.320 e. The summed E-state index contributed by atoms with van der Waals surface area (Å²) in [5.74, 6) is -5.37. The third-order valence-corrected chi connectivity index (χ3v) is 11.8. The Balaban J connectivity index is 1.79. The first-order chi connectivity index (χ1) is 22.5. The van der Waals surface area contributed by atoms with Crippen LogP contribution in [0.25, 0.3) is 0 Å². The van der Waals surface area contributed by atoms with E-state index in [2.05, 4.69) is 0 Å². The van der Waals surface area contributed by atoms with Crippen molar-refractivity contribution in [3.63, 3.8) is 0 Å². The zero-order chi connectivity index (χ0) is 34.2. The minimum absolute atomic E-state index is 0.0809.